The molecule has 1 unspecified atom stereocenters. The summed E-state index contributed by atoms with van der Waals surface area (Å²) in [4.78, 5) is 46.3. The SMILES string of the molecule is O=C(O)CCCC1(C2C=CCC2)C(=O)NC(=O)NC1=O. The van der Waals surface area contributed by atoms with Crippen molar-refractivity contribution in [2.75, 3.05) is 0 Å². The van der Waals surface area contributed by atoms with Crippen LogP contribution in [0.3, 0.4) is 0 Å². The maximum Gasteiger partial charge on any atom is 0.328 e. The number of imide groups is 2. The van der Waals surface area contributed by atoms with Gasteiger partial charge in [-0.15, -0.1) is 0 Å². The summed E-state index contributed by atoms with van der Waals surface area (Å²) in [6, 6.07) is -0.823. The van der Waals surface area contributed by atoms with E-state index in [0.717, 1.165) is 6.42 Å². The van der Waals surface area contributed by atoms with E-state index in [4.69, 9.17) is 5.11 Å². The first kappa shape index (κ1) is 14.2. The van der Waals surface area contributed by atoms with Crippen LogP contribution in [0.4, 0.5) is 4.79 Å². The molecule has 0 radical (unpaired) electrons. The van der Waals surface area contributed by atoms with Crippen LogP contribution in [0.15, 0.2) is 12.2 Å². The molecular weight excluding hydrogens is 264 g/mol. The molecule has 20 heavy (non-hydrogen) atoms. The van der Waals surface area contributed by atoms with Crippen LogP contribution in [-0.4, -0.2) is 28.9 Å². The lowest BCUT2D eigenvalue weighted by molar-refractivity contribution is -0.149. The summed E-state index contributed by atoms with van der Waals surface area (Å²) in [6.07, 6.45) is 5.29. The molecule has 1 atom stereocenters. The number of allylic oxidation sites excluding steroid dienone is 2. The Labute approximate surface area is 115 Å². The van der Waals surface area contributed by atoms with Crippen molar-refractivity contribution in [3.63, 3.8) is 0 Å². The Morgan fingerprint density at radius 1 is 1.30 bits per heavy atom. The molecule has 0 aromatic rings. The van der Waals surface area contributed by atoms with Crippen molar-refractivity contribution in [2.24, 2.45) is 11.3 Å². The number of aliphatic carboxylic acids is 1. The normalized spacial score (nSPS) is 24.4. The van der Waals surface area contributed by atoms with Gasteiger partial charge in [-0.2, -0.15) is 0 Å². The standard InChI is InChI=1S/C13H16N2O5/c16-9(17)6-3-7-13(8-4-1-2-5-8)10(18)14-12(20)15-11(13)19/h1,4,8H,2-3,5-7H2,(H,16,17)(H2,14,15,18,19,20). The van der Waals surface area contributed by atoms with Crippen molar-refractivity contribution in [1.29, 1.82) is 0 Å². The van der Waals surface area contributed by atoms with Crippen LogP contribution < -0.4 is 10.6 Å². The Balaban J connectivity index is 2.25. The molecule has 0 bridgehead atoms. The highest BCUT2D eigenvalue weighted by Gasteiger charge is 2.54. The average molecular weight is 280 g/mol. The maximum absolute atomic E-state index is 12.2. The molecule has 7 heteroatoms. The highest BCUT2D eigenvalue weighted by Crippen LogP contribution is 2.41. The number of hydrogen-bond donors (Lipinski definition) is 3. The van der Waals surface area contributed by atoms with Crippen LogP contribution in [-0.2, 0) is 14.4 Å². The molecule has 1 aliphatic carbocycles. The maximum atomic E-state index is 12.2. The van der Waals surface area contributed by atoms with E-state index in [0.29, 0.717) is 6.42 Å². The fourth-order valence-electron chi connectivity index (χ4n) is 2.87. The van der Waals surface area contributed by atoms with Gasteiger partial charge in [-0.3, -0.25) is 25.0 Å². The Morgan fingerprint density at radius 2 is 1.95 bits per heavy atom. The minimum Gasteiger partial charge on any atom is -0.481 e. The molecule has 1 fully saturated rings. The molecule has 3 N–H and O–H groups in total. The van der Waals surface area contributed by atoms with Gasteiger partial charge in [-0.1, -0.05) is 12.2 Å². The monoisotopic (exact) mass is 280 g/mol. The minimum absolute atomic E-state index is 0.110. The molecule has 0 spiro atoms. The quantitative estimate of drug-likeness (QED) is 0.503. The van der Waals surface area contributed by atoms with Crippen molar-refractivity contribution in [3.8, 4) is 0 Å². The van der Waals surface area contributed by atoms with Crippen molar-refractivity contribution >= 4 is 23.8 Å². The third kappa shape index (κ3) is 2.43. The number of barbiturate groups is 1. The predicted octanol–water partition coefficient (Wildman–Crippen LogP) is 0.560. The van der Waals surface area contributed by atoms with Gasteiger partial charge < -0.3 is 5.11 Å². The number of amides is 4. The van der Waals surface area contributed by atoms with Crippen LogP contribution in [0, 0.1) is 11.3 Å². The lowest BCUT2D eigenvalue weighted by atomic mass is 9.69. The van der Waals surface area contributed by atoms with Gasteiger partial charge in [0.05, 0.1) is 0 Å². The molecule has 1 saturated heterocycles. The van der Waals surface area contributed by atoms with Crippen LogP contribution in [0.25, 0.3) is 0 Å². The molecular formula is C13H16N2O5. The fourth-order valence-corrected chi connectivity index (χ4v) is 2.87. The number of carbonyl (C=O) groups is 4. The van der Waals surface area contributed by atoms with E-state index in [-0.39, 0.29) is 25.2 Å². The zero-order valence-electron chi connectivity index (χ0n) is 10.8. The Hall–Kier alpha value is -2.18. The zero-order valence-corrected chi connectivity index (χ0v) is 10.8. The lowest BCUT2D eigenvalue weighted by Gasteiger charge is -2.37. The van der Waals surface area contributed by atoms with Crippen molar-refractivity contribution in [1.82, 2.24) is 10.6 Å². The summed E-state index contributed by atoms with van der Waals surface area (Å²) in [5, 5.41) is 12.9. The fraction of sp³-hybridized carbons (Fsp3) is 0.538. The zero-order chi connectivity index (χ0) is 14.8. The Kier molecular flexibility index (Phi) is 3.87. The van der Waals surface area contributed by atoms with Gasteiger partial charge in [0.1, 0.15) is 5.41 Å². The number of hydrogen-bond acceptors (Lipinski definition) is 4. The Bertz CT molecular complexity index is 477. The number of carboxylic acids is 1. The van der Waals surface area contributed by atoms with Crippen LogP contribution in [0.1, 0.15) is 32.1 Å². The second-order valence-corrected chi connectivity index (χ2v) is 5.07. The third-order valence-electron chi connectivity index (χ3n) is 3.87. The highest BCUT2D eigenvalue weighted by molar-refractivity contribution is 6.19. The van der Waals surface area contributed by atoms with Crippen LogP contribution >= 0.6 is 0 Å². The molecule has 0 aromatic carbocycles. The van der Waals surface area contributed by atoms with E-state index in [1.165, 1.54) is 0 Å². The van der Waals surface area contributed by atoms with Gasteiger partial charge in [-0.25, -0.2) is 4.79 Å². The Morgan fingerprint density at radius 3 is 2.45 bits per heavy atom. The van der Waals surface area contributed by atoms with E-state index in [9.17, 15) is 19.2 Å². The molecule has 108 valence electrons. The van der Waals surface area contributed by atoms with Gasteiger partial charge >= 0.3 is 12.0 Å². The number of nitrogens with one attached hydrogen (secondary N) is 2. The number of carbonyl (C=O) groups excluding carboxylic acids is 3. The summed E-state index contributed by atoms with van der Waals surface area (Å²) in [5.74, 6) is -2.54. The summed E-state index contributed by atoms with van der Waals surface area (Å²) < 4.78 is 0. The molecule has 2 rings (SSSR count). The molecule has 7 nitrogen and oxygen atoms in total. The second kappa shape index (κ2) is 5.44. The molecule has 1 aliphatic heterocycles. The molecule has 0 aromatic heterocycles. The van der Waals surface area contributed by atoms with E-state index in [2.05, 4.69) is 10.6 Å². The smallest absolute Gasteiger partial charge is 0.328 e. The number of rotatable bonds is 5. The van der Waals surface area contributed by atoms with Crippen LogP contribution in [0.2, 0.25) is 0 Å². The average Bonchev–Trinajstić information content (AvgIpc) is 2.86. The number of urea groups is 1. The van der Waals surface area contributed by atoms with Gasteiger partial charge in [0, 0.05) is 12.3 Å². The summed E-state index contributed by atoms with van der Waals surface area (Å²) in [7, 11) is 0. The summed E-state index contributed by atoms with van der Waals surface area (Å²) >= 11 is 0. The van der Waals surface area contributed by atoms with Gasteiger partial charge in [-0.05, 0) is 25.7 Å². The first-order chi connectivity index (χ1) is 9.46. The summed E-state index contributed by atoms with van der Waals surface area (Å²) in [5.41, 5.74) is -1.38. The topological polar surface area (TPSA) is 113 Å². The number of carboxylic acid groups (broad SMARTS) is 1. The molecule has 0 saturated carbocycles. The summed E-state index contributed by atoms with van der Waals surface area (Å²) in [6.45, 7) is 0. The molecule has 1 heterocycles. The van der Waals surface area contributed by atoms with Crippen molar-refractivity contribution < 1.29 is 24.3 Å². The second-order valence-electron chi connectivity index (χ2n) is 5.07. The van der Waals surface area contributed by atoms with E-state index < -0.39 is 29.2 Å². The third-order valence-corrected chi connectivity index (χ3v) is 3.87. The highest BCUT2D eigenvalue weighted by atomic mass is 16.4. The van der Waals surface area contributed by atoms with Crippen molar-refractivity contribution in [3.05, 3.63) is 12.2 Å². The minimum atomic E-state index is -1.38. The van der Waals surface area contributed by atoms with Gasteiger partial charge in [0.15, 0.2) is 0 Å². The van der Waals surface area contributed by atoms with Crippen LogP contribution in [0.5, 0.6) is 0 Å². The molecule has 2 aliphatic rings. The van der Waals surface area contributed by atoms with E-state index in [1.54, 1.807) is 6.08 Å². The van der Waals surface area contributed by atoms with E-state index >= 15 is 0 Å². The molecule has 4 amide bonds. The van der Waals surface area contributed by atoms with Gasteiger partial charge in [0.2, 0.25) is 11.8 Å². The van der Waals surface area contributed by atoms with Crippen molar-refractivity contribution in [2.45, 2.75) is 32.1 Å². The largest absolute Gasteiger partial charge is 0.481 e. The lowest BCUT2D eigenvalue weighted by Crippen LogP contribution is -2.64. The first-order valence-electron chi connectivity index (χ1n) is 6.52. The predicted molar refractivity (Wildman–Crippen MR) is 67.5 cm³/mol. The van der Waals surface area contributed by atoms with Gasteiger partial charge in [0.25, 0.3) is 0 Å². The first-order valence-corrected chi connectivity index (χ1v) is 6.52. The van der Waals surface area contributed by atoms with E-state index in [1.807, 2.05) is 6.08 Å².